The first-order valence-corrected chi connectivity index (χ1v) is 16.8. The summed E-state index contributed by atoms with van der Waals surface area (Å²) in [4.78, 5) is 24.9. The Bertz CT molecular complexity index is 1680. The number of hydrogen-bond acceptors (Lipinski definition) is 5. The molecule has 5 nitrogen and oxygen atoms in total. The van der Waals surface area contributed by atoms with E-state index in [-0.39, 0.29) is 11.7 Å². The van der Waals surface area contributed by atoms with Gasteiger partial charge in [-0.1, -0.05) is 133 Å². The second kappa shape index (κ2) is 11.3. The third-order valence-electron chi connectivity index (χ3n) is 9.53. The van der Waals surface area contributed by atoms with Gasteiger partial charge in [0.25, 0.3) is 5.56 Å². The van der Waals surface area contributed by atoms with E-state index in [2.05, 4.69) is 130 Å². The molecule has 0 radical (unpaired) electrons. The van der Waals surface area contributed by atoms with Crippen molar-refractivity contribution in [1.29, 1.82) is 0 Å². The lowest BCUT2D eigenvalue weighted by Crippen LogP contribution is -2.56. The van der Waals surface area contributed by atoms with Gasteiger partial charge in [0.15, 0.2) is 11.0 Å². The standard InChI is InChI=1S/C38H36N4OS/c43-36-33-35(40-37(41-36)44-25-26-13-5-1-6-14-26)42(34(39-33)32(27-21-22-27)28-23-24-28)38(29-15-7-2-8-16-29,30-17-9-3-10-18-30)31-19-11-4-12-20-31/h1-20,27-28,32,34,39H,21-25H2,(H,40,41,43). The van der Waals surface area contributed by atoms with Gasteiger partial charge in [-0.3, -0.25) is 9.78 Å². The summed E-state index contributed by atoms with van der Waals surface area (Å²) in [6.45, 7) is 0. The van der Waals surface area contributed by atoms with Crippen LogP contribution in [0.3, 0.4) is 0 Å². The molecule has 2 aliphatic carbocycles. The van der Waals surface area contributed by atoms with E-state index >= 15 is 0 Å². The fraction of sp³-hybridized carbons (Fsp3) is 0.263. The average Bonchev–Trinajstić information content (AvgIpc) is 4.03. The first-order chi connectivity index (χ1) is 21.7. The number of aromatic amines is 1. The smallest absolute Gasteiger partial charge is 0.277 e. The highest BCUT2D eigenvalue weighted by atomic mass is 32.2. The minimum absolute atomic E-state index is 0.0754. The summed E-state index contributed by atoms with van der Waals surface area (Å²) in [5, 5.41) is 4.46. The van der Waals surface area contributed by atoms with Gasteiger partial charge in [-0.15, -0.1) is 0 Å². The lowest BCUT2D eigenvalue weighted by atomic mass is 9.74. The predicted molar refractivity (Wildman–Crippen MR) is 179 cm³/mol. The zero-order valence-electron chi connectivity index (χ0n) is 24.6. The van der Waals surface area contributed by atoms with E-state index in [1.165, 1.54) is 31.2 Å². The van der Waals surface area contributed by atoms with Gasteiger partial charge in [0.2, 0.25) is 0 Å². The minimum Gasteiger partial charge on any atom is -0.357 e. The SMILES string of the molecule is O=c1[nH]c(SCc2ccccc2)nc2c1NC(C(C1CC1)C1CC1)N2C(c1ccccc1)(c1ccccc1)c1ccccc1. The molecule has 1 atom stereocenters. The van der Waals surface area contributed by atoms with Gasteiger partial charge in [0.1, 0.15) is 17.4 Å². The zero-order chi connectivity index (χ0) is 29.5. The lowest BCUT2D eigenvalue weighted by Gasteiger charge is -2.49. The van der Waals surface area contributed by atoms with E-state index in [1.807, 2.05) is 6.07 Å². The summed E-state index contributed by atoms with van der Waals surface area (Å²) in [5.41, 5.74) is 4.41. The molecule has 2 heterocycles. The molecule has 220 valence electrons. The van der Waals surface area contributed by atoms with Crippen molar-refractivity contribution in [2.24, 2.45) is 17.8 Å². The molecule has 2 fully saturated rings. The molecule has 2 saturated carbocycles. The summed E-state index contributed by atoms with van der Waals surface area (Å²) in [6, 6.07) is 42.7. The van der Waals surface area contributed by atoms with Crippen LogP contribution in [0.25, 0.3) is 0 Å². The number of anilines is 2. The van der Waals surface area contributed by atoms with E-state index in [1.54, 1.807) is 11.8 Å². The van der Waals surface area contributed by atoms with Crippen molar-refractivity contribution in [3.8, 4) is 0 Å². The Labute approximate surface area is 262 Å². The molecule has 2 N–H and O–H groups in total. The number of H-pyrrole nitrogens is 1. The fourth-order valence-electron chi connectivity index (χ4n) is 7.34. The van der Waals surface area contributed by atoms with Crippen molar-refractivity contribution in [3.63, 3.8) is 0 Å². The van der Waals surface area contributed by atoms with Gasteiger partial charge in [-0.2, -0.15) is 0 Å². The van der Waals surface area contributed by atoms with Crippen molar-refractivity contribution >= 4 is 23.3 Å². The van der Waals surface area contributed by atoms with Crippen molar-refractivity contribution in [2.75, 3.05) is 10.2 Å². The third-order valence-corrected chi connectivity index (χ3v) is 10.5. The van der Waals surface area contributed by atoms with Gasteiger partial charge in [0.05, 0.1) is 0 Å². The van der Waals surface area contributed by atoms with Crippen molar-refractivity contribution in [1.82, 2.24) is 9.97 Å². The summed E-state index contributed by atoms with van der Waals surface area (Å²) in [5.74, 6) is 3.20. The molecule has 0 amide bonds. The van der Waals surface area contributed by atoms with E-state index in [0.29, 0.717) is 28.6 Å². The van der Waals surface area contributed by atoms with Crippen LogP contribution in [0, 0.1) is 17.8 Å². The van der Waals surface area contributed by atoms with Crippen molar-refractivity contribution < 1.29 is 0 Å². The Kier molecular flexibility index (Phi) is 7.02. The molecule has 1 unspecified atom stereocenters. The predicted octanol–water partition coefficient (Wildman–Crippen LogP) is 8.05. The number of benzene rings is 4. The first-order valence-electron chi connectivity index (χ1n) is 15.8. The largest absolute Gasteiger partial charge is 0.357 e. The van der Waals surface area contributed by atoms with E-state index in [4.69, 9.17) is 4.98 Å². The fourth-order valence-corrected chi connectivity index (χ4v) is 8.15. The van der Waals surface area contributed by atoms with Crippen LogP contribution in [-0.2, 0) is 11.3 Å². The molecular formula is C38H36N4OS. The maximum absolute atomic E-state index is 14.0. The topological polar surface area (TPSA) is 61.0 Å². The number of hydrogen-bond donors (Lipinski definition) is 2. The maximum Gasteiger partial charge on any atom is 0.277 e. The van der Waals surface area contributed by atoms with E-state index < -0.39 is 5.54 Å². The number of thioether (sulfide) groups is 1. The summed E-state index contributed by atoms with van der Waals surface area (Å²) < 4.78 is 0. The molecule has 6 heteroatoms. The van der Waals surface area contributed by atoms with Crippen LogP contribution in [0.2, 0.25) is 0 Å². The normalized spacial score (nSPS) is 17.8. The Morgan fingerprint density at radius 2 is 1.20 bits per heavy atom. The molecule has 3 aliphatic rings. The Morgan fingerprint density at radius 3 is 1.68 bits per heavy atom. The molecule has 4 aromatic carbocycles. The monoisotopic (exact) mass is 596 g/mol. The molecule has 0 bridgehead atoms. The van der Waals surface area contributed by atoms with E-state index in [9.17, 15) is 4.79 Å². The van der Waals surface area contributed by atoms with Crippen LogP contribution < -0.4 is 15.8 Å². The molecule has 5 aromatic rings. The number of aromatic nitrogens is 2. The van der Waals surface area contributed by atoms with Gasteiger partial charge < -0.3 is 10.2 Å². The van der Waals surface area contributed by atoms with Gasteiger partial charge in [-0.05, 0) is 59.8 Å². The molecule has 1 aromatic heterocycles. The highest BCUT2D eigenvalue weighted by Gasteiger charge is 2.56. The Balaban J connectivity index is 1.38. The maximum atomic E-state index is 14.0. The highest BCUT2D eigenvalue weighted by molar-refractivity contribution is 7.98. The number of nitrogens with one attached hydrogen (secondary N) is 2. The lowest BCUT2D eigenvalue weighted by molar-refractivity contribution is 0.316. The second-order valence-electron chi connectivity index (χ2n) is 12.4. The third kappa shape index (κ3) is 4.82. The molecule has 1 aliphatic heterocycles. The van der Waals surface area contributed by atoms with Gasteiger partial charge in [0, 0.05) is 11.7 Å². The first kappa shape index (κ1) is 27.3. The van der Waals surface area contributed by atoms with Crippen LogP contribution in [0.15, 0.2) is 131 Å². The molecular weight excluding hydrogens is 561 g/mol. The van der Waals surface area contributed by atoms with Gasteiger partial charge >= 0.3 is 0 Å². The Hall–Kier alpha value is -4.29. The number of fused-ring (bicyclic) bond motifs is 1. The molecule has 8 rings (SSSR count). The number of rotatable bonds is 10. The van der Waals surface area contributed by atoms with Crippen molar-refractivity contribution in [2.45, 2.75) is 48.3 Å². The summed E-state index contributed by atoms with van der Waals surface area (Å²) >= 11 is 1.58. The van der Waals surface area contributed by atoms with Crippen molar-refractivity contribution in [3.05, 3.63) is 154 Å². The van der Waals surface area contributed by atoms with Crippen LogP contribution in [0.4, 0.5) is 11.5 Å². The van der Waals surface area contributed by atoms with E-state index in [0.717, 1.165) is 28.3 Å². The summed E-state index contributed by atoms with van der Waals surface area (Å²) in [7, 11) is 0. The number of nitrogens with zero attached hydrogens (tertiary/aromatic N) is 2. The summed E-state index contributed by atoms with van der Waals surface area (Å²) in [6.07, 6.45) is 4.93. The Morgan fingerprint density at radius 1 is 0.727 bits per heavy atom. The second-order valence-corrected chi connectivity index (χ2v) is 13.3. The highest BCUT2D eigenvalue weighted by Crippen LogP contribution is 2.57. The van der Waals surface area contributed by atoms with Crippen LogP contribution in [-0.4, -0.2) is 16.1 Å². The van der Waals surface area contributed by atoms with Crippen LogP contribution in [0.5, 0.6) is 0 Å². The minimum atomic E-state index is -0.725. The average molecular weight is 597 g/mol. The zero-order valence-corrected chi connectivity index (χ0v) is 25.4. The molecule has 0 spiro atoms. The van der Waals surface area contributed by atoms with Crippen LogP contribution >= 0.6 is 11.8 Å². The van der Waals surface area contributed by atoms with Crippen LogP contribution in [0.1, 0.15) is 47.9 Å². The molecule has 0 saturated heterocycles. The van der Waals surface area contributed by atoms with Gasteiger partial charge in [-0.25, -0.2) is 4.98 Å². The quantitative estimate of drug-likeness (QED) is 0.0971. The molecule has 44 heavy (non-hydrogen) atoms.